The van der Waals surface area contributed by atoms with E-state index in [-0.39, 0.29) is 12.6 Å². The summed E-state index contributed by atoms with van der Waals surface area (Å²) in [6, 6.07) is -0.334. The lowest BCUT2D eigenvalue weighted by molar-refractivity contribution is -0.555. The lowest BCUT2D eigenvalue weighted by Gasteiger charge is -2.01. The van der Waals surface area contributed by atoms with Gasteiger partial charge >= 0.3 is 6.09 Å². The van der Waals surface area contributed by atoms with E-state index in [2.05, 4.69) is 9.85 Å². The normalized spacial score (nSPS) is 11.8. The fourth-order valence-corrected chi connectivity index (χ4v) is 0.348. The molecular weight excluding hydrogens is 148 g/mol. The molecule has 0 aromatic rings. The molecular formula is C6H12N2O3. The van der Waals surface area contributed by atoms with Gasteiger partial charge in [0.15, 0.2) is 6.04 Å². The molecule has 0 saturated carbocycles. The highest BCUT2D eigenvalue weighted by Crippen LogP contribution is 1.90. The zero-order valence-corrected chi connectivity index (χ0v) is 6.90. The number of hydroxylamine groups is 1. The maximum Gasteiger partial charge on any atom is 0.491 e. The molecule has 0 radical (unpaired) electrons. The van der Waals surface area contributed by atoms with Crippen molar-refractivity contribution in [1.29, 1.82) is 0 Å². The second-order valence-corrected chi connectivity index (χ2v) is 2.20. The largest absolute Gasteiger partial charge is 0.599 e. The Morgan fingerprint density at radius 2 is 2.27 bits per heavy atom. The Morgan fingerprint density at radius 1 is 1.73 bits per heavy atom. The minimum Gasteiger partial charge on any atom is -0.599 e. The van der Waals surface area contributed by atoms with Crippen molar-refractivity contribution in [2.24, 2.45) is 5.11 Å². The number of nitrogens with zero attached hydrogens (tertiary/aromatic N) is 2. The smallest absolute Gasteiger partial charge is 0.491 e. The van der Waals surface area contributed by atoms with Crippen molar-refractivity contribution in [3.8, 4) is 0 Å². The van der Waals surface area contributed by atoms with E-state index >= 15 is 0 Å². The second kappa shape index (κ2) is 4.65. The molecule has 0 bridgehead atoms. The van der Waals surface area contributed by atoms with Gasteiger partial charge in [-0.1, -0.05) is 4.86 Å². The number of carbonyl (C=O) groups is 1. The zero-order valence-electron chi connectivity index (χ0n) is 6.90. The van der Waals surface area contributed by atoms with E-state index in [1.165, 1.54) is 0 Å². The first-order chi connectivity index (χ1) is 5.07. The Balaban J connectivity index is 3.97. The summed E-state index contributed by atoms with van der Waals surface area (Å²) in [4.78, 5) is 10.8. The van der Waals surface area contributed by atoms with E-state index in [1.54, 1.807) is 20.8 Å². The highest BCUT2D eigenvalue weighted by atomic mass is 16.6. The van der Waals surface area contributed by atoms with Gasteiger partial charge < -0.3 is 9.94 Å². The van der Waals surface area contributed by atoms with Gasteiger partial charge in [-0.25, -0.2) is 4.79 Å². The van der Waals surface area contributed by atoms with E-state index in [9.17, 15) is 10.0 Å². The van der Waals surface area contributed by atoms with Crippen molar-refractivity contribution in [2.45, 2.75) is 26.8 Å². The SMILES string of the molecule is CCOC(=O)/N=[N+](\[O-])C(C)C. The first kappa shape index (κ1) is 9.87. The van der Waals surface area contributed by atoms with Gasteiger partial charge in [0.25, 0.3) is 0 Å². The van der Waals surface area contributed by atoms with Crippen LogP contribution in [-0.2, 0) is 4.74 Å². The van der Waals surface area contributed by atoms with Crippen LogP contribution < -0.4 is 0 Å². The van der Waals surface area contributed by atoms with Crippen LogP contribution in [0.5, 0.6) is 0 Å². The van der Waals surface area contributed by atoms with Crippen molar-refractivity contribution in [3.05, 3.63) is 5.21 Å². The van der Waals surface area contributed by atoms with Crippen molar-refractivity contribution >= 4 is 6.09 Å². The van der Waals surface area contributed by atoms with E-state index in [4.69, 9.17) is 0 Å². The molecule has 64 valence electrons. The molecule has 0 aromatic carbocycles. The summed E-state index contributed by atoms with van der Waals surface area (Å²) < 4.78 is 4.42. The van der Waals surface area contributed by atoms with Crippen LogP contribution >= 0.6 is 0 Å². The predicted molar refractivity (Wildman–Crippen MR) is 38.2 cm³/mol. The summed E-state index contributed by atoms with van der Waals surface area (Å²) in [6.45, 7) is 5.15. The van der Waals surface area contributed by atoms with Crippen molar-refractivity contribution < 1.29 is 14.4 Å². The molecule has 0 fully saturated rings. The van der Waals surface area contributed by atoms with Crippen molar-refractivity contribution in [1.82, 2.24) is 0 Å². The third-order valence-electron chi connectivity index (χ3n) is 0.890. The maximum absolute atomic E-state index is 10.7. The number of hydrogen-bond donors (Lipinski definition) is 0. The molecule has 0 spiro atoms. The van der Waals surface area contributed by atoms with E-state index in [0.29, 0.717) is 4.86 Å². The van der Waals surface area contributed by atoms with Gasteiger partial charge in [0.1, 0.15) is 0 Å². The van der Waals surface area contributed by atoms with Crippen LogP contribution in [0.25, 0.3) is 0 Å². The van der Waals surface area contributed by atoms with Gasteiger partial charge in [-0.2, -0.15) is 0 Å². The summed E-state index contributed by atoms with van der Waals surface area (Å²) in [5.74, 6) is 0. The summed E-state index contributed by atoms with van der Waals surface area (Å²) in [5, 5.41) is 13.8. The average Bonchev–Trinajstić information content (AvgIpc) is 1.87. The fraction of sp³-hybridized carbons (Fsp3) is 0.833. The van der Waals surface area contributed by atoms with Gasteiger partial charge in [0.05, 0.1) is 11.7 Å². The molecule has 0 aromatic heterocycles. The van der Waals surface area contributed by atoms with Crippen LogP contribution in [0.3, 0.4) is 0 Å². The summed E-state index contributed by atoms with van der Waals surface area (Å²) >= 11 is 0. The Morgan fingerprint density at radius 3 is 2.64 bits per heavy atom. The molecule has 0 heterocycles. The summed E-state index contributed by atoms with van der Waals surface area (Å²) in [6.07, 6.45) is -0.837. The minimum atomic E-state index is -0.837. The van der Waals surface area contributed by atoms with Gasteiger partial charge in [-0.3, -0.25) is 0 Å². The highest BCUT2D eigenvalue weighted by molar-refractivity contribution is 5.66. The van der Waals surface area contributed by atoms with Gasteiger partial charge in [-0.05, 0) is 6.92 Å². The molecule has 5 heteroatoms. The number of ether oxygens (including phenoxy) is 1. The molecule has 5 nitrogen and oxygen atoms in total. The Kier molecular flexibility index (Phi) is 4.17. The van der Waals surface area contributed by atoms with E-state index in [1.807, 2.05) is 0 Å². The molecule has 0 aliphatic rings. The minimum absolute atomic E-state index is 0.230. The van der Waals surface area contributed by atoms with E-state index < -0.39 is 6.09 Å². The van der Waals surface area contributed by atoms with Crippen molar-refractivity contribution in [3.63, 3.8) is 0 Å². The second-order valence-electron chi connectivity index (χ2n) is 2.20. The van der Waals surface area contributed by atoms with E-state index in [0.717, 1.165) is 0 Å². The topological polar surface area (TPSA) is 64.7 Å². The van der Waals surface area contributed by atoms with Gasteiger partial charge in [0.2, 0.25) is 0 Å². The quantitative estimate of drug-likeness (QED) is 0.349. The molecule has 0 saturated heterocycles. The molecule has 0 aliphatic heterocycles. The van der Waals surface area contributed by atoms with Crippen LogP contribution in [-0.4, -0.2) is 23.6 Å². The van der Waals surface area contributed by atoms with Crippen LogP contribution in [0.4, 0.5) is 4.79 Å². The number of amides is 1. The highest BCUT2D eigenvalue weighted by Gasteiger charge is 2.07. The molecule has 0 unspecified atom stereocenters. The summed E-state index contributed by atoms with van der Waals surface area (Å²) in [5.41, 5.74) is 0. The average molecular weight is 160 g/mol. The first-order valence-electron chi connectivity index (χ1n) is 3.42. The Bertz CT molecular complexity index is 165. The molecule has 0 N–H and O–H groups in total. The van der Waals surface area contributed by atoms with Crippen LogP contribution in [0.1, 0.15) is 20.8 Å². The van der Waals surface area contributed by atoms with Gasteiger partial charge in [-0.15, -0.1) is 0 Å². The first-order valence-corrected chi connectivity index (χ1v) is 3.42. The molecule has 0 atom stereocenters. The third-order valence-corrected chi connectivity index (χ3v) is 0.890. The Hall–Kier alpha value is -1.13. The number of azo groups is 1. The van der Waals surface area contributed by atoms with Crippen LogP contribution in [0.2, 0.25) is 0 Å². The molecule has 11 heavy (non-hydrogen) atoms. The van der Waals surface area contributed by atoms with Crippen molar-refractivity contribution in [2.75, 3.05) is 6.61 Å². The van der Waals surface area contributed by atoms with Gasteiger partial charge in [0, 0.05) is 13.8 Å². The zero-order chi connectivity index (χ0) is 8.85. The third kappa shape index (κ3) is 4.30. The van der Waals surface area contributed by atoms with Crippen LogP contribution in [0, 0.1) is 5.21 Å². The monoisotopic (exact) mass is 160 g/mol. The molecule has 0 aliphatic carbocycles. The van der Waals surface area contributed by atoms with Crippen LogP contribution in [0.15, 0.2) is 5.11 Å². The molecule has 1 amide bonds. The predicted octanol–water partition coefficient (Wildman–Crippen LogP) is 1.51. The number of rotatable bonds is 2. The fourth-order valence-electron chi connectivity index (χ4n) is 0.348. The standard InChI is InChI=1S/C6H12N2O3/c1-4-11-6(9)7-8(10)5(2)3/h5H,4H2,1-3H3/b8-7-. The Labute approximate surface area is 65.2 Å². The maximum atomic E-state index is 10.7. The number of carbonyl (C=O) groups excluding carboxylic acids is 1. The lowest BCUT2D eigenvalue weighted by atomic mass is 10.4. The number of hydrogen-bond acceptors (Lipinski definition) is 3. The summed E-state index contributed by atoms with van der Waals surface area (Å²) in [7, 11) is 0. The lowest BCUT2D eigenvalue weighted by Crippen LogP contribution is -2.14. The molecule has 0 rings (SSSR count).